The second-order valence-electron chi connectivity index (χ2n) is 2.94. The fraction of sp³-hybridized carbons (Fsp3) is 0.444. The maximum absolute atomic E-state index is 12.1. The van der Waals surface area contributed by atoms with Gasteiger partial charge in [-0.3, -0.25) is 0 Å². The molecule has 1 rings (SSSR count). The lowest BCUT2D eigenvalue weighted by molar-refractivity contribution is -0.276. The van der Waals surface area contributed by atoms with Crippen molar-refractivity contribution in [2.75, 3.05) is 7.11 Å². The molecule has 1 heterocycles. The number of pyridine rings is 1. The minimum Gasteiger partial charge on any atom is -0.496 e. The molecule has 0 aromatic carbocycles. The monoisotopic (exact) mass is 271 g/mol. The number of hydrogen-bond acceptors (Lipinski definition) is 4. The van der Waals surface area contributed by atoms with Gasteiger partial charge in [0.05, 0.1) is 30.9 Å². The fourth-order valence-electron chi connectivity index (χ4n) is 1.16. The zero-order valence-electron chi connectivity index (χ0n) is 8.71. The highest BCUT2D eigenvalue weighted by Gasteiger charge is 2.33. The summed E-state index contributed by atoms with van der Waals surface area (Å²) in [7, 11) is 1.25. The summed E-state index contributed by atoms with van der Waals surface area (Å²) in [6.45, 7) is -0.690. The predicted molar refractivity (Wildman–Crippen MR) is 53.0 cm³/mol. The second kappa shape index (κ2) is 5.42. The number of hydrogen-bond donors (Lipinski definition) is 1. The van der Waals surface area contributed by atoms with E-state index in [-0.39, 0.29) is 22.9 Å². The minimum absolute atomic E-state index is 0.0393. The van der Waals surface area contributed by atoms with E-state index in [4.69, 9.17) is 21.4 Å². The van der Waals surface area contributed by atoms with E-state index in [1.807, 2.05) is 0 Å². The van der Waals surface area contributed by atoms with Gasteiger partial charge in [-0.15, -0.1) is 24.8 Å². The van der Waals surface area contributed by atoms with Crippen LogP contribution in [0.25, 0.3) is 0 Å². The molecule has 0 radical (unpaired) electrons. The van der Waals surface area contributed by atoms with Crippen LogP contribution < -0.4 is 9.47 Å². The molecule has 0 fully saturated rings. The molecular formula is C9H9ClF3NO3. The molecule has 0 aliphatic carbocycles. The molecule has 0 aliphatic rings. The van der Waals surface area contributed by atoms with Gasteiger partial charge >= 0.3 is 6.36 Å². The maximum Gasteiger partial charge on any atom is 0.574 e. The van der Waals surface area contributed by atoms with Gasteiger partial charge in [0, 0.05) is 6.07 Å². The van der Waals surface area contributed by atoms with Crippen LogP contribution in [-0.4, -0.2) is 23.6 Å². The van der Waals surface area contributed by atoms with Crippen molar-refractivity contribution in [3.05, 3.63) is 17.3 Å². The quantitative estimate of drug-likeness (QED) is 0.853. The van der Waals surface area contributed by atoms with Gasteiger partial charge in [-0.25, -0.2) is 4.98 Å². The summed E-state index contributed by atoms with van der Waals surface area (Å²) < 4.78 is 44.9. The molecule has 1 aromatic rings. The Hall–Kier alpha value is -1.21. The molecule has 0 saturated heterocycles. The van der Waals surface area contributed by atoms with E-state index in [9.17, 15) is 13.2 Å². The normalized spacial score (nSPS) is 11.4. The van der Waals surface area contributed by atoms with Crippen molar-refractivity contribution < 1.29 is 27.8 Å². The SMILES string of the molecule is COc1cc(CCl)nc(OC(F)(F)F)c1CO. The molecular weight excluding hydrogens is 263 g/mol. The molecule has 4 nitrogen and oxygen atoms in total. The van der Waals surface area contributed by atoms with Gasteiger partial charge in [0.2, 0.25) is 5.88 Å². The summed E-state index contributed by atoms with van der Waals surface area (Å²) in [5.41, 5.74) is -0.0290. The Kier molecular flexibility index (Phi) is 4.41. The van der Waals surface area contributed by atoms with Crippen LogP contribution >= 0.6 is 11.6 Å². The van der Waals surface area contributed by atoms with E-state index in [2.05, 4.69) is 9.72 Å². The number of methoxy groups -OCH3 is 1. The van der Waals surface area contributed by atoms with Crippen molar-refractivity contribution in [3.8, 4) is 11.6 Å². The Balaban J connectivity index is 3.24. The number of aliphatic hydroxyl groups excluding tert-OH is 1. The van der Waals surface area contributed by atoms with Crippen LogP contribution in [0.3, 0.4) is 0 Å². The van der Waals surface area contributed by atoms with Crippen molar-refractivity contribution in [2.24, 2.45) is 0 Å². The fourth-order valence-corrected chi connectivity index (χ4v) is 1.30. The molecule has 96 valence electrons. The average Bonchev–Trinajstić information content (AvgIpc) is 2.25. The highest BCUT2D eigenvalue weighted by molar-refractivity contribution is 6.16. The molecule has 0 saturated carbocycles. The summed E-state index contributed by atoms with van der Waals surface area (Å²) in [5, 5.41) is 8.99. The molecule has 1 N–H and O–H groups in total. The summed E-state index contributed by atoms with van der Waals surface area (Å²) >= 11 is 5.48. The first kappa shape index (κ1) is 13.9. The predicted octanol–water partition coefficient (Wildman–Crippen LogP) is 2.22. The third-order valence-electron chi connectivity index (χ3n) is 1.83. The maximum atomic E-state index is 12.1. The van der Waals surface area contributed by atoms with Crippen LogP contribution in [0.2, 0.25) is 0 Å². The Morgan fingerprint density at radius 1 is 1.47 bits per heavy atom. The summed E-state index contributed by atoms with van der Waals surface area (Å²) in [6.07, 6.45) is -4.90. The number of aliphatic hydroxyl groups is 1. The molecule has 1 aromatic heterocycles. The van der Waals surface area contributed by atoms with Gasteiger partial charge in [0.1, 0.15) is 5.75 Å². The summed E-state index contributed by atoms with van der Waals surface area (Å²) in [4.78, 5) is 3.54. The zero-order chi connectivity index (χ0) is 13.1. The Morgan fingerprint density at radius 3 is 2.53 bits per heavy atom. The number of alkyl halides is 4. The lowest BCUT2D eigenvalue weighted by Gasteiger charge is -2.14. The largest absolute Gasteiger partial charge is 0.574 e. The topological polar surface area (TPSA) is 51.6 Å². The number of ether oxygens (including phenoxy) is 2. The number of nitrogens with zero attached hydrogens (tertiary/aromatic N) is 1. The summed E-state index contributed by atoms with van der Waals surface area (Å²) in [6, 6.07) is 1.34. The van der Waals surface area contributed by atoms with E-state index in [1.54, 1.807) is 0 Å². The van der Waals surface area contributed by atoms with Gasteiger partial charge in [0.15, 0.2) is 0 Å². The van der Waals surface area contributed by atoms with Crippen LogP contribution in [-0.2, 0) is 12.5 Å². The Labute approximate surface area is 99.9 Å². The van der Waals surface area contributed by atoms with Gasteiger partial charge < -0.3 is 14.6 Å². The number of halogens is 4. The van der Waals surface area contributed by atoms with Crippen molar-refractivity contribution in [2.45, 2.75) is 18.8 Å². The molecule has 0 spiro atoms. The minimum atomic E-state index is -4.90. The van der Waals surface area contributed by atoms with E-state index in [1.165, 1.54) is 13.2 Å². The highest BCUT2D eigenvalue weighted by Crippen LogP contribution is 2.32. The highest BCUT2D eigenvalue weighted by atomic mass is 35.5. The molecule has 0 bridgehead atoms. The van der Waals surface area contributed by atoms with E-state index >= 15 is 0 Å². The molecule has 0 atom stereocenters. The third kappa shape index (κ3) is 3.64. The first-order chi connectivity index (χ1) is 7.91. The standard InChI is InChI=1S/C9H9ClF3NO3/c1-16-7-2-5(3-10)14-8(6(7)4-15)17-9(11,12)13/h2,15H,3-4H2,1H3. The van der Waals surface area contributed by atoms with Crippen molar-refractivity contribution in [1.82, 2.24) is 4.98 Å². The van der Waals surface area contributed by atoms with Crippen LogP contribution in [0, 0.1) is 0 Å². The first-order valence-electron chi connectivity index (χ1n) is 4.40. The Morgan fingerprint density at radius 2 is 2.12 bits per heavy atom. The van der Waals surface area contributed by atoms with Gasteiger partial charge in [-0.2, -0.15) is 0 Å². The average molecular weight is 272 g/mol. The van der Waals surface area contributed by atoms with Gasteiger partial charge in [-0.05, 0) is 0 Å². The molecule has 0 amide bonds. The van der Waals surface area contributed by atoms with Crippen LogP contribution in [0.4, 0.5) is 13.2 Å². The van der Waals surface area contributed by atoms with E-state index < -0.39 is 18.8 Å². The molecule has 8 heteroatoms. The van der Waals surface area contributed by atoms with Crippen LogP contribution in [0.15, 0.2) is 6.07 Å². The number of rotatable bonds is 4. The van der Waals surface area contributed by atoms with E-state index in [0.29, 0.717) is 0 Å². The third-order valence-corrected chi connectivity index (χ3v) is 2.10. The second-order valence-corrected chi connectivity index (χ2v) is 3.21. The van der Waals surface area contributed by atoms with Crippen molar-refractivity contribution in [3.63, 3.8) is 0 Å². The molecule has 0 unspecified atom stereocenters. The lowest BCUT2D eigenvalue weighted by atomic mass is 10.2. The van der Waals surface area contributed by atoms with Gasteiger partial charge in [-0.1, -0.05) is 0 Å². The smallest absolute Gasteiger partial charge is 0.496 e. The first-order valence-corrected chi connectivity index (χ1v) is 4.94. The molecule has 17 heavy (non-hydrogen) atoms. The van der Waals surface area contributed by atoms with E-state index in [0.717, 1.165) is 0 Å². The van der Waals surface area contributed by atoms with Crippen LogP contribution in [0.1, 0.15) is 11.3 Å². The summed E-state index contributed by atoms with van der Waals surface area (Å²) in [5.74, 6) is -0.816. The van der Waals surface area contributed by atoms with Gasteiger partial charge in [0.25, 0.3) is 0 Å². The van der Waals surface area contributed by atoms with Crippen LogP contribution in [0.5, 0.6) is 11.6 Å². The number of aromatic nitrogens is 1. The van der Waals surface area contributed by atoms with Crippen molar-refractivity contribution >= 4 is 11.6 Å². The molecule has 0 aliphatic heterocycles. The zero-order valence-corrected chi connectivity index (χ0v) is 9.47. The van der Waals surface area contributed by atoms with Crippen molar-refractivity contribution in [1.29, 1.82) is 0 Å². The Bertz CT molecular complexity index is 398. The lowest BCUT2D eigenvalue weighted by Crippen LogP contribution is -2.19.